The van der Waals surface area contributed by atoms with Gasteiger partial charge in [-0.3, -0.25) is 0 Å². The van der Waals surface area contributed by atoms with Crippen molar-refractivity contribution >= 4 is 12.4 Å². The number of hydrogen-bond donors (Lipinski definition) is 1. The molecule has 0 bridgehead atoms. The Labute approximate surface area is 127 Å². The average Bonchev–Trinajstić information content (AvgIpc) is 2.40. The lowest BCUT2D eigenvalue weighted by Gasteiger charge is -2.15. The van der Waals surface area contributed by atoms with Gasteiger partial charge in [0, 0.05) is 6.04 Å². The molecule has 2 aromatic carbocycles. The quantitative estimate of drug-likeness (QED) is 0.846. The van der Waals surface area contributed by atoms with Crippen molar-refractivity contribution in [1.29, 1.82) is 0 Å². The maximum absolute atomic E-state index is 6.16. The van der Waals surface area contributed by atoms with Crippen molar-refractivity contribution in [3.8, 4) is 11.5 Å². The van der Waals surface area contributed by atoms with Crippen molar-refractivity contribution in [2.75, 3.05) is 0 Å². The van der Waals surface area contributed by atoms with Crippen LogP contribution < -0.4 is 10.5 Å². The molecule has 3 heteroatoms. The third-order valence-corrected chi connectivity index (χ3v) is 3.01. The van der Waals surface area contributed by atoms with E-state index in [0.717, 1.165) is 23.5 Å². The summed E-state index contributed by atoms with van der Waals surface area (Å²) in [6, 6.07) is 17.9. The molecule has 1 atom stereocenters. The van der Waals surface area contributed by atoms with E-state index in [-0.39, 0.29) is 18.4 Å². The first kappa shape index (κ1) is 16.5. The highest BCUT2D eigenvalue weighted by molar-refractivity contribution is 5.85. The molecule has 0 saturated heterocycles. The van der Waals surface area contributed by atoms with Gasteiger partial charge in [-0.15, -0.1) is 12.4 Å². The van der Waals surface area contributed by atoms with Crippen LogP contribution in [0.25, 0.3) is 0 Å². The normalized spacial score (nSPS) is 11.8. The fourth-order valence-corrected chi connectivity index (χ4v) is 2.05. The van der Waals surface area contributed by atoms with E-state index < -0.39 is 0 Å². The lowest BCUT2D eigenvalue weighted by molar-refractivity contribution is 0.480. The molecule has 0 spiro atoms. The largest absolute Gasteiger partial charge is 0.457 e. The van der Waals surface area contributed by atoms with Gasteiger partial charge in [-0.25, -0.2) is 0 Å². The highest BCUT2D eigenvalue weighted by atomic mass is 35.5. The van der Waals surface area contributed by atoms with Crippen LogP contribution in [-0.2, 0) is 0 Å². The zero-order valence-electron chi connectivity index (χ0n) is 12.0. The predicted octanol–water partition coefficient (Wildman–Crippen LogP) is 4.95. The smallest absolute Gasteiger partial charge is 0.127 e. The Morgan fingerprint density at radius 3 is 2.00 bits per heavy atom. The first-order valence-corrected chi connectivity index (χ1v) is 6.73. The van der Waals surface area contributed by atoms with Crippen LogP contribution in [0.15, 0.2) is 54.6 Å². The molecule has 2 aromatic rings. The standard InChI is InChI=1S/C17H21NO.ClH/c1-13(2)12-17(18)14-8-10-16(11-9-14)19-15-6-4-3-5-7-15;/h3-11,13,17H,12,18H2,1-2H3;1H/t17-;/m1./s1. The van der Waals surface area contributed by atoms with E-state index >= 15 is 0 Å². The molecule has 20 heavy (non-hydrogen) atoms. The Kier molecular flexibility index (Phi) is 6.56. The molecular weight excluding hydrogens is 270 g/mol. The van der Waals surface area contributed by atoms with Crippen molar-refractivity contribution in [1.82, 2.24) is 0 Å². The lowest BCUT2D eigenvalue weighted by Crippen LogP contribution is -2.12. The zero-order valence-corrected chi connectivity index (χ0v) is 12.8. The van der Waals surface area contributed by atoms with Gasteiger partial charge in [-0.05, 0) is 42.2 Å². The molecule has 0 aromatic heterocycles. The lowest BCUT2D eigenvalue weighted by atomic mass is 9.98. The SMILES string of the molecule is CC(C)C[C@@H](N)c1ccc(Oc2ccccc2)cc1.Cl. The van der Waals surface area contributed by atoms with Gasteiger partial charge in [0.15, 0.2) is 0 Å². The highest BCUT2D eigenvalue weighted by Crippen LogP contribution is 2.24. The van der Waals surface area contributed by atoms with Crippen LogP contribution in [0.2, 0.25) is 0 Å². The molecule has 0 aliphatic heterocycles. The van der Waals surface area contributed by atoms with E-state index in [1.54, 1.807) is 0 Å². The fraction of sp³-hybridized carbons (Fsp3) is 0.294. The van der Waals surface area contributed by atoms with Gasteiger partial charge < -0.3 is 10.5 Å². The molecule has 0 aliphatic carbocycles. The maximum atomic E-state index is 6.16. The van der Waals surface area contributed by atoms with Gasteiger partial charge in [-0.2, -0.15) is 0 Å². The summed E-state index contributed by atoms with van der Waals surface area (Å²) >= 11 is 0. The topological polar surface area (TPSA) is 35.2 Å². The third-order valence-electron chi connectivity index (χ3n) is 3.01. The maximum Gasteiger partial charge on any atom is 0.127 e. The average molecular weight is 292 g/mol. The van der Waals surface area contributed by atoms with E-state index in [4.69, 9.17) is 10.5 Å². The van der Waals surface area contributed by atoms with Crippen LogP contribution >= 0.6 is 12.4 Å². The number of nitrogens with two attached hydrogens (primary N) is 1. The highest BCUT2D eigenvalue weighted by Gasteiger charge is 2.08. The molecule has 0 heterocycles. The number of para-hydroxylation sites is 1. The molecule has 0 fully saturated rings. The van der Waals surface area contributed by atoms with Gasteiger partial charge >= 0.3 is 0 Å². The molecule has 0 saturated carbocycles. The van der Waals surface area contributed by atoms with E-state index in [1.165, 1.54) is 0 Å². The van der Waals surface area contributed by atoms with Crippen molar-refractivity contribution in [2.24, 2.45) is 11.7 Å². The Bertz CT molecular complexity index is 496. The number of hydrogen-bond acceptors (Lipinski definition) is 2. The van der Waals surface area contributed by atoms with E-state index in [0.29, 0.717) is 5.92 Å². The van der Waals surface area contributed by atoms with Crippen LogP contribution in [0.3, 0.4) is 0 Å². The predicted molar refractivity (Wildman–Crippen MR) is 86.6 cm³/mol. The molecule has 0 unspecified atom stereocenters. The van der Waals surface area contributed by atoms with Crippen LogP contribution in [0.4, 0.5) is 0 Å². The van der Waals surface area contributed by atoms with Crippen LogP contribution in [0.1, 0.15) is 31.9 Å². The van der Waals surface area contributed by atoms with Gasteiger partial charge in [-0.1, -0.05) is 44.2 Å². The van der Waals surface area contributed by atoms with Crippen molar-refractivity contribution in [2.45, 2.75) is 26.3 Å². The summed E-state index contributed by atoms with van der Waals surface area (Å²) in [6.07, 6.45) is 0.999. The second kappa shape index (κ2) is 7.93. The van der Waals surface area contributed by atoms with Gasteiger partial charge in [0.05, 0.1) is 0 Å². The molecule has 2 N–H and O–H groups in total. The van der Waals surface area contributed by atoms with Crippen molar-refractivity contribution in [3.05, 3.63) is 60.2 Å². The fourth-order valence-electron chi connectivity index (χ4n) is 2.05. The molecule has 2 nitrogen and oxygen atoms in total. The summed E-state index contributed by atoms with van der Waals surface area (Å²) in [5.41, 5.74) is 7.32. The van der Waals surface area contributed by atoms with Crippen LogP contribution in [-0.4, -0.2) is 0 Å². The third kappa shape index (κ3) is 4.87. The summed E-state index contributed by atoms with van der Waals surface area (Å²) < 4.78 is 5.75. The minimum absolute atomic E-state index is 0. The minimum atomic E-state index is 0. The second-order valence-electron chi connectivity index (χ2n) is 5.22. The molecular formula is C17H22ClNO. The van der Waals surface area contributed by atoms with E-state index in [1.807, 2.05) is 54.6 Å². The van der Waals surface area contributed by atoms with Crippen LogP contribution in [0, 0.1) is 5.92 Å². The Balaban J connectivity index is 0.00000200. The van der Waals surface area contributed by atoms with Gasteiger partial charge in [0.2, 0.25) is 0 Å². The number of halogens is 1. The molecule has 0 aliphatic rings. The van der Waals surface area contributed by atoms with Gasteiger partial charge in [0.25, 0.3) is 0 Å². The number of ether oxygens (including phenoxy) is 1. The summed E-state index contributed by atoms with van der Waals surface area (Å²) in [5.74, 6) is 2.30. The first-order valence-electron chi connectivity index (χ1n) is 6.73. The second-order valence-corrected chi connectivity index (χ2v) is 5.22. The summed E-state index contributed by atoms with van der Waals surface area (Å²) in [5, 5.41) is 0. The van der Waals surface area contributed by atoms with Gasteiger partial charge in [0.1, 0.15) is 11.5 Å². The number of benzene rings is 2. The summed E-state index contributed by atoms with van der Waals surface area (Å²) in [7, 11) is 0. The Morgan fingerprint density at radius 1 is 0.900 bits per heavy atom. The molecule has 108 valence electrons. The summed E-state index contributed by atoms with van der Waals surface area (Å²) in [4.78, 5) is 0. The van der Waals surface area contributed by atoms with E-state index in [2.05, 4.69) is 13.8 Å². The van der Waals surface area contributed by atoms with Crippen LogP contribution in [0.5, 0.6) is 11.5 Å². The molecule has 2 rings (SSSR count). The van der Waals surface area contributed by atoms with Crippen molar-refractivity contribution in [3.63, 3.8) is 0 Å². The number of rotatable bonds is 5. The Morgan fingerprint density at radius 2 is 1.45 bits per heavy atom. The monoisotopic (exact) mass is 291 g/mol. The van der Waals surface area contributed by atoms with E-state index in [9.17, 15) is 0 Å². The Hall–Kier alpha value is -1.51. The summed E-state index contributed by atoms with van der Waals surface area (Å²) in [6.45, 7) is 4.37. The molecule has 0 radical (unpaired) electrons. The first-order chi connectivity index (χ1) is 9.15. The van der Waals surface area contributed by atoms with Crippen molar-refractivity contribution < 1.29 is 4.74 Å². The minimum Gasteiger partial charge on any atom is -0.457 e. The molecule has 0 amide bonds. The zero-order chi connectivity index (χ0) is 13.7.